The van der Waals surface area contributed by atoms with Gasteiger partial charge in [-0.25, -0.2) is 12.7 Å². The number of nitrogens with one attached hydrogen (secondary N) is 1. The summed E-state index contributed by atoms with van der Waals surface area (Å²) in [4.78, 5) is 12.6. The Bertz CT molecular complexity index is 985. The maximum Gasteiger partial charge on any atom is 0.228 e. The van der Waals surface area contributed by atoms with Gasteiger partial charge in [0.05, 0.1) is 27.4 Å². The lowest BCUT2D eigenvalue weighted by atomic mass is 9.99. The molecule has 3 rings (SSSR count). The smallest absolute Gasteiger partial charge is 0.228 e. The summed E-state index contributed by atoms with van der Waals surface area (Å²) in [6, 6.07) is 12.1. The number of amides is 1. The Morgan fingerprint density at radius 2 is 1.93 bits per heavy atom. The van der Waals surface area contributed by atoms with Gasteiger partial charge in [-0.15, -0.1) is 0 Å². The van der Waals surface area contributed by atoms with E-state index in [1.54, 1.807) is 24.3 Å². The third kappa shape index (κ3) is 5.27. The number of nitrogens with zero attached hydrogens (tertiary/aromatic N) is 1. The SMILES string of the molecule is O=C(Nc1ccccc1Br)C1CCCN(S(=O)(=O)Cc2ccc(Cl)c(Cl)c2)C1. The number of anilines is 1. The number of rotatable bonds is 5. The Labute approximate surface area is 183 Å². The van der Waals surface area contributed by atoms with Crippen LogP contribution in [0.25, 0.3) is 0 Å². The van der Waals surface area contributed by atoms with E-state index in [0.29, 0.717) is 40.7 Å². The third-order valence-corrected chi connectivity index (χ3v) is 7.86. The van der Waals surface area contributed by atoms with E-state index < -0.39 is 15.9 Å². The molecular formula is C19H19BrCl2N2O3S. The van der Waals surface area contributed by atoms with E-state index in [-0.39, 0.29) is 18.2 Å². The lowest BCUT2D eigenvalue weighted by molar-refractivity contribution is -0.120. The van der Waals surface area contributed by atoms with Crippen molar-refractivity contribution in [3.63, 3.8) is 0 Å². The van der Waals surface area contributed by atoms with Gasteiger partial charge in [-0.3, -0.25) is 4.79 Å². The highest BCUT2D eigenvalue weighted by Gasteiger charge is 2.32. The van der Waals surface area contributed by atoms with Crippen LogP contribution in [0.1, 0.15) is 18.4 Å². The lowest BCUT2D eigenvalue weighted by Crippen LogP contribution is -2.44. The number of benzene rings is 2. The minimum atomic E-state index is -3.57. The summed E-state index contributed by atoms with van der Waals surface area (Å²) < 4.78 is 27.9. The van der Waals surface area contributed by atoms with Crippen LogP contribution in [-0.4, -0.2) is 31.7 Å². The van der Waals surface area contributed by atoms with Crippen molar-refractivity contribution in [1.29, 1.82) is 0 Å². The molecule has 1 unspecified atom stereocenters. The van der Waals surface area contributed by atoms with E-state index in [2.05, 4.69) is 21.2 Å². The highest BCUT2D eigenvalue weighted by atomic mass is 79.9. The summed E-state index contributed by atoms with van der Waals surface area (Å²) in [5, 5.41) is 3.57. The molecule has 0 bridgehead atoms. The fourth-order valence-electron chi connectivity index (χ4n) is 3.14. The standard InChI is InChI=1S/C19H19BrCl2N2O3S/c20-15-5-1-2-6-18(15)23-19(25)14-4-3-9-24(11-14)28(26,27)12-13-7-8-16(21)17(22)10-13/h1-2,5-8,10,14H,3-4,9,11-12H2,(H,23,25). The molecule has 0 aliphatic carbocycles. The first kappa shape index (κ1) is 21.6. The minimum absolute atomic E-state index is 0.167. The van der Waals surface area contributed by atoms with Gasteiger partial charge in [0.15, 0.2) is 0 Å². The number of para-hydroxylation sites is 1. The zero-order chi connectivity index (χ0) is 20.3. The molecule has 0 spiro atoms. The summed E-state index contributed by atoms with van der Waals surface area (Å²) in [6.07, 6.45) is 1.28. The van der Waals surface area contributed by atoms with Crippen LogP contribution in [-0.2, 0) is 20.6 Å². The predicted molar refractivity (Wildman–Crippen MR) is 116 cm³/mol. The molecule has 9 heteroatoms. The molecule has 2 aromatic carbocycles. The van der Waals surface area contributed by atoms with Gasteiger partial charge in [0.1, 0.15) is 0 Å². The van der Waals surface area contributed by atoms with Crippen LogP contribution in [0.2, 0.25) is 10.0 Å². The van der Waals surface area contributed by atoms with Crippen LogP contribution in [0.5, 0.6) is 0 Å². The second-order valence-electron chi connectivity index (χ2n) is 6.67. The summed E-state index contributed by atoms with van der Waals surface area (Å²) in [6.45, 7) is 0.572. The number of piperidine rings is 1. The minimum Gasteiger partial charge on any atom is -0.325 e. The quantitative estimate of drug-likeness (QED) is 0.626. The average molecular weight is 506 g/mol. The van der Waals surface area contributed by atoms with Crippen LogP contribution in [0, 0.1) is 5.92 Å². The first-order valence-electron chi connectivity index (χ1n) is 8.73. The molecule has 0 radical (unpaired) electrons. The van der Waals surface area contributed by atoms with Crippen molar-refractivity contribution in [1.82, 2.24) is 4.31 Å². The zero-order valence-electron chi connectivity index (χ0n) is 14.9. The van der Waals surface area contributed by atoms with Gasteiger partial charge in [0.2, 0.25) is 15.9 Å². The Kier molecular flexibility index (Phi) is 7.04. The molecule has 1 heterocycles. The Morgan fingerprint density at radius 3 is 2.64 bits per heavy atom. The van der Waals surface area contributed by atoms with E-state index in [0.717, 1.165) is 4.47 Å². The lowest BCUT2D eigenvalue weighted by Gasteiger charge is -2.31. The molecule has 1 aliphatic rings. The molecule has 0 saturated carbocycles. The van der Waals surface area contributed by atoms with Crippen molar-refractivity contribution in [2.24, 2.45) is 5.92 Å². The Balaban J connectivity index is 1.68. The molecule has 1 N–H and O–H groups in total. The van der Waals surface area contributed by atoms with E-state index in [1.165, 1.54) is 4.31 Å². The molecule has 1 saturated heterocycles. The first-order valence-corrected chi connectivity index (χ1v) is 11.9. The van der Waals surface area contributed by atoms with Crippen LogP contribution in [0.3, 0.4) is 0 Å². The van der Waals surface area contributed by atoms with Crippen molar-refractivity contribution in [2.45, 2.75) is 18.6 Å². The monoisotopic (exact) mass is 504 g/mol. The number of sulfonamides is 1. The second-order valence-corrected chi connectivity index (χ2v) is 10.3. The summed E-state index contributed by atoms with van der Waals surface area (Å²) in [5.74, 6) is -0.756. The normalized spacial score (nSPS) is 18.0. The van der Waals surface area contributed by atoms with Gasteiger partial charge in [0, 0.05) is 17.6 Å². The summed E-state index contributed by atoms with van der Waals surface area (Å²) in [5.41, 5.74) is 1.23. The van der Waals surface area contributed by atoms with Crippen LogP contribution >= 0.6 is 39.1 Å². The molecule has 2 aromatic rings. The molecule has 1 fully saturated rings. The van der Waals surface area contributed by atoms with E-state index in [4.69, 9.17) is 23.2 Å². The van der Waals surface area contributed by atoms with Crippen molar-refractivity contribution >= 4 is 60.7 Å². The average Bonchev–Trinajstić information content (AvgIpc) is 2.66. The summed E-state index contributed by atoms with van der Waals surface area (Å²) in [7, 11) is -3.57. The second kappa shape index (κ2) is 9.13. The topological polar surface area (TPSA) is 66.5 Å². The molecule has 5 nitrogen and oxygen atoms in total. The molecule has 0 aromatic heterocycles. The molecule has 1 amide bonds. The first-order chi connectivity index (χ1) is 13.3. The van der Waals surface area contributed by atoms with Crippen molar-refractivity contribution in [2.75, 3.05) is 18.4 Å². The predicted octanol–water partition coefficient (Wildman–Crippen LogP) is 4.94. The zero-order valence-corrected chi connectivity index (χ0v) is 18.8. The van der Waals surface area contributed by atoms with Crippen LogP contribution in [0.15, 0.2) is 46.9 Å². The third-order valence-electron chi connectivity index (χ3n) is 4.61. The van der Waals surface area contributed by atoms with Gasteiger partial charge in [-0.05, 0) is 58.6 Å². The Morgan fingerprint density at radius 1 is 1.18 bits per heavy atom. The van der Waals surface area contributed by atoms with Gasteiger partial charge in [-0.1, -0.05) is 41.4 Å². The number of halogens is 3. The van der Waals surface area contributed by atoms with E-state index in [9.17, 15) is 13.2 Å². The van der Waals surface area contributed by atoms with Gasteiger partial charge >= 0.3 is 0 Å². The van der Waals surface area contributed by atoms with Gasteiger partial charge in [0.25, 0.3) is 0 Å². The van der Waals surface area contributed by atoms with E-state index in [1.807, 2.05) is 18.2 Å². The van der Waals surface area contributed by atoms with E-state index >= 15 is 0 Å². The van der Waals surface area contributed by atoms with Crippen LogP contribution < -0.4 is 5.32 Å². The summed E-state index contributed by atoms with van der Waals surface area (Å²) >= 11 is 15.3. The molecule has 150 valence electrons. The highest BCUT2D eigenvalue weighted by Crippen LogP contribution is 2.27. The molecule has 28 heavy (non-hydrogen) atoms. The number of hydrogen-bond acceptors (Lipinski definition) is 3. The molecule has 1 aliphatic heterocycles. The van der Waals surface area contributed by atoms with Crippen molar-refractivity contribution in [3.8, 4) is 0 Å². The highest BCUT2D eigenvalue weighted by molar-refractivity contribution is 9.10. The maximum absolute atomic E-state index is 12.8. The maximum atomic E-state index is 12.8. The van der Waals surface area contributed by atoms with Crippen LogP contribution in [0.4, 0.5) is 5.69 Å². The number of carbonyl (C=O) groups is 1. The van der Waals surface area contributed by atoms with Crippen molar-refractivity contribution in [3.05, 3.63) is 62.5 Å². The molecular weight excluding hydrogens is 487 g/mol. The Hall–Kier alpha value is -1.12. The number of carbonyl (C=O) groups excluding carboxylic acids is 1. The number of hydrogen-bond donors (Lipinski definition) is 1. The fraction of sp³-hybridized carbons (Fsp3) is 0.316. The van der Waals surface area contributed by atoms with Gasteiger partial charge in [-0.2, -0.15) is 0 Å². The molecule has 1 atom stereocenters. The largest absolute Gasteiger partial charge is 0.325 e. The van der Waals surface area contributed by atoms with Gasteiger partial charge < -0.3 is 5.32 Å². The van der Waals surface area contributed by atoms with Crippen molar-refractivity contribution < 1.29 is 13.2 Å². The fourth-order valence-corrected chi connectivity index (χ4v) is 5.44.